The number of amidine groups is 1. The molecule has 1 N–H and O–H groups in total. The van der Waals surface area contributed by atoms with E-state index in [-0.39, 0.29) is 6.04 Å². The fourth-order valence-electron chi connectivity index (χ4n) is 1.48. The number of pyridine rings is 1. The number of nitrogens with zero attached hydrogens (tertiary/aromatic N) is 2. The van der Waals surface area contributed by atoms with Crippen LogP contribution in [0.25, 0.3) is 0 Å². The fraction of sp³-hybridized carbons (Fsp3) is 0.455. The number of aliphatic imine (C=N–C) groups is 1. The lowest BCUT2D eigenvalue weighted by molar-refractivity contribution is 0.0615. The number of rotatable bonds is 3. The van der Waals surface area contributed by atoms with E-state index in [2.05, 4.69) is 38.3 Å². The molecule has 0 fully saturated rings. The highest BCUT2D eigenvalue weighted by molar-refractivity contribution is 9.10. The van der Waals surface area contributed by atoms with Crippen LogP contribution < -0.4 is 10.2 Å². The molecule has 0 amide bonds. The van der Waals surface area contributed by atoms with E-state index in [0.717, 1.165) is 10.9 Å². The maximum Gasteiger partial charge on any atom is 0.228 e. The Morgan fingerprint density at radius 2 is 2.41 bits per heavy atom. The van der Waals surface area contributed by atoms with Crippen LogP contribution in [-0.2, 0) is 4.84 Å². The first kappa shape index (κ1) is 12.3. The van der Waals surface area contributed by atoms with Crippen molar-refractivity contribution in [3.63, 3.8) is 0 Å². The van der Waals surface area contributed by atoms with Gasteiger partial charge < -0.3 is 4.74 Å². The number of methoxy groups -OCH3 is 1. The lowest BCUT2D eigenvalue weighted by atomic mass is 10.2. The summed E-state index contributed by atoms with van der Waals surface area (Å²) in [5, 5.41) is 0. The molecule has 2 rings (SSSR count). The molecule has 0 radical (unpaired) electrons. The van der Waals surface area contributed by atoms with Gasteiger partial charge in [0.15, 0.2) is 5.84 Å². The molecule has 0 aliphatic carbocycles. The highest BCUT2D eigenvalue weighted by Gasteiger charge is 2.17. The van der Waals surface area contributed by atoms with Gasteiger partial charge in [0.1, 0.15) is 5.69 Å². The molecule has 0 aromatic carbocycles. The van der Waals surface area contributed by atoms with Crippen molar-refractivity contribution in [3.05, 3.63) is 22.3 Å². The van der Waals surface area contributed by atoms with E-state index in [9.17, 15) is 0 Å². The largest absolute Gasteiger partial charge is 0.480 e. The zero-order valence-electron chi connectivity index (χ0n) is 9.74. The summed E-state index contributed by atoms with van der Waals surface area (Å²) in [7, 11) is 1.58. The summed E-state index contributed by atoms with van der Waals surface area (Å²) in [6.45, 7) is 2.67. The van der Waals surface area contributed by atoms with E-state index in [1.807, 2.05) is 12.1 Å². The second-order valence-corrected chi connectivity index (χ2v) is 4.49. The van der Waals surface area contributed by atoms with Crippen LogP contribution >= 0.6 is 15.9 Å². The molecule has 0 saturated heterocycles. The molecule has 1 aromatic rings. The molecule has 6 heteroatoms. The fourth-order valence-corrected chi connectivity index (χ4v) is 1.86. The van der Waals surface area contributed by atoms with Gasteiger partial charge in [-0.15, -0.1) is 0 Å². The number of aromatic nitrogens is 1. The summed E-state index contributed by atoms with van der Waals surface area (Å²) in [6.07, 6.45) is 0.943. The van der Waals surface area contributed by atoms with E-state index in [1.165, 1.54) is 0 Å². The Morgan fingerprint density at radius 3 is 3.12 bits per heavy atom. The van der Waals surface area contributed by atoms with Crippen LogP contribution in [0.15, 0.2) is 21.6 Å². The number of halogens is 1. The van der Waals surface area contributed by atoms with Gasteiger partial charge in [0.25, 0.3) is 0 Å². The van der Waals surface area contributed by atoms with Crippen LogP contribution in [0.3, 0.4) is 0 Å². The molecule has 92 valence electrons. The predicted molar refractivity (Wildman–Crippen MR) is 68.2 cm³/mol. The molecule has 0 spiro atoms. The van der Waals surface area contributed by atoms with E-state index in [1.54, 1.807) is 7.11 Å². The van der Waals surface area contributed by atoms with Crippen LogP contribution in [0.1, 0.15) is 19.0 Å². The number of ether oxygens (including phenoxy) is 1. The first-order valence-electron chi connectivity index (χ1n) is 5.41. The van der Waals surface area contributed by atoms with Crippen molar-refractivity contribution in [1.29, 1.82) is 0 Å². The molecule has 1 aromatic heterocycles. The molecule has 1 aliphatic heterocycles. The Hall–Kier alpha value is -1.14. The highest BCUT2D eigenvalue weighted by Crippen LogP contribution is 2.22. The van der Waals surface area contributed by atoms with E-state index < -0.39 is 0 Å². The summed E-state index contributed by atoms with van der Waals surface area (Å²) >= 11 is 3.36. The van der Waals surface area contributed by atoms with E-state index in [0.29, 0.717) is 24.0 Å². The summed E-state index contributed by atoms with van der Waals surface area (Å²) in [4.78, 5) is 14.1. The second kappa shape index (κ2) is 5.46. The molecule has 0 saturated carbocycles. The van der Waals surface area contributed by atoms with Crippen molar-refractivity contribution in [2.45, 2.75) is 19.4 Å². The Morgan fingerprint density at radius 1 is 1.59 bits per heavy atom. The Balaban J connectivity index is 2.30. The number of hydrogen-bond acceptors (Lipinski definition) is 5. The Kier molecular flexibility index (Phi) is 3.96. The summed E-state index contributed by atoms with van der Waals surface area (Å²) in [6, 6.07) is 3.92. The topological polar surface area (TPSA) is 55.7 Å². The van der Waals surface area contributed by atoms with Crippen molar-refractivity contribution < 1.29 is 9.57 Å². The van der Waals surface area contributed by atoms with Gasteiger partial charge in [-0.25, -0.2) is 10.5 Å². The Bertz CT molecular complexity index is 437. The molecule has 5 nitrogen and oxygen atoms in total. The standard InChI is InChI=1S/C11H14BrN3O2/c1-3-7-6-17-15-10(13-7)9-5-4-8(12)11(14-9)16-2/h4-5,7H,3,6H2,1-2H3,(H,13,15). The Labute approximate surface area is 108 Å². The van der Waals surface area contributed by atoms with Crippen LogP contribution in [-0.4, -0.2) is 30.6 Å². The van der Waals surface area contributed by atoms with Crippen LogP contribution in [0, 0.1) is 0 Å². The average molecular weight is 300 g/mol. The maximum atomic E-state index is 5.27. The van der Waals surface area contributed by atoms with E-state index >= 15 is 0 Å². The quantitative estimate of drug-likeness (QED) is 0.926. The highest BCUT2D eigenvalue weighted by atomic mass is 79.9. The SMILES string of the molecule is CCC1CONC(c2ccc(Br)c(OC)n2)=N1. The molecule has 1 aliphatic rings. The molecule has 17 heavy (non-hydrogen) atoms. The third-order valence-corrected chi connectivity index (χ3v) is 3.08. The number of hydroxylamine groups is 1. The van der Waals surface area contributed by atoms with Crippen molar-refractivity contribution >= 4 is 21.8 Å². The van der Waals surface area contributed by atoms with Gasteiger partial charge >= 0.3 is 0 Å². The zero-order valence-corrected chi connectivity index (χ0v) is 11.3. The molecule has 1 unspecified atom stereocenters. The maximum absolute atomic E-state index is 5.27. The van der Waals surface area contributed by atoms with Gasteiger partial charge in [0.2, 0.25) is 5.88 Å². The van der Waals surface area contributed by atoms with Crippen LogP contribution in [0.5, 0.6) is 5.88 Å². The normalized spacial score (nSPS) is 19.5. The first-order valence-corrected chi connectivity index (χ1v) is 6.20. The van der Waals surface area contributed by atoms with Crippen molar-refractivity contribution in [2.75, 3.05) is 13.7 Å². The second-order valence-electron chi connectivity index (χ2n) is 3.64. The first-order chi connectivity index (χ1) is 8.24. The third kappa shape index (κ3) is 2.76. The molecular weight excluding hydrogens is 286 g/mol. The van der Waals surface area contributed by atoms with E-state index in [4.69, 9.17) is 9.57 Å². The monoisotopic (exact) mass is 299 g/mol. The minimum Gasteiger partial charge on any atom is -0.480 e. The van der Waals surface area contributed by atoms with Crippen molar-refractivity contribution in [3.8, 4) is 5.88 Å². The minimum absolute atomic E-state index is 0.183. The summed E-state index contributed by atoms with van der Waals surface area (Å²) in [5.41, 5.74) is 3.50. The molecule has 1 atom stereocenters. The van der Waals surface area contributed by atoms with Crippen molar-refractivity contribution in [2.24, 2.45) is 4.99 Å². The van der Waals surface area contributed by atoms with Crippen LogP contribution in [0.2, 0.25) is 0 Å². The predicted octanol–water partition coefficient (Wildman–Crippen LogP) is 1.91. The molecule has 0 bridgehead atoms. The van der Waals surface area contributed by atoms with Crippen molar-refractivity contribution in [1.82, 2.24) is 10.5 Å². The smallest absolute Gasteiger partial charge is 0.228 e. The zero-order chi connectivity index (χ0) is 12.3. The lowest BCUT2D eigenvalue weighted by Crippen LogP contribution is -2.36. The van der Waals surface area contributed by atoms with Gasteiger partial charge in [-0.05, 0) is 34.5 Å². The average Bonchev–Trinajstić information content (AvgIpc) is 2.39. The van der Waals surface area contributed by atoms with Gasteiger partial charge in [0, 0.05) is 0 Å². The molecule has 2 heterocycles. The van der Waals surface area contributed by atoms with Gasteiger partial charge in [0.05, 0.1) is 24.2 Å². The third-order valence-electron chi connectivity index (χ3n) is 2.48. The summed E-state index contributed by atoms with van der Waals surface area (Å²) < 4.78 is 5.96. The number of nitrogens with one attached hydrogen (secondary N) is 1. The van der Waals surface area contributed by atoms with Gasteiger partial charge in [-0.2, -0.15) is 0 Å². The van der Waals surface area contributed by atoms with Crippen LogP contribution in [0.4, 0.5) is 0 Å². The number of hydrogen-bond donors (Lipinski definition) is 1. The molecular formula is C11H14BrN3O2. The minimum atomic E-state index is 0.183. The summed E-state index contributed by atoms with van der Waals surface area (Å²) in [5.74, 6) is 1.18. The lowest BCUT2D eigenvalue weighted by Gasteiger charge is -2.20. The van der Waals surface area contributed by atoms with Gasteiger partial charge in [-0.3, -0.25) is 9.83 Å². The van der Waals surface area contributed by atoms with Gasteiger partial charge in [-0.1, -0.05) is 6.92 Å².